The van der Waals surface area contributed by atoms with Crippen molar-refractivity contribution < 1.29 is 19.2 Å². The van der Waals surface area contributed by atoms with Crippen molar-refractivity contribution in [3.63, 3.8) is 0 Å². The van der Waals surface area contributed by atoms with Gasteiger partial charge in [0.1, 0.15) is 5.75 Å². The van der Waals surface area contributed by atoms with E-state index in [1.807, 2.05) is 0 Å². The Kier molecular flexibility index (Phi) is 6.85. The van der Waals surface area contributed by atoms with Crippen molar-refractivity contribution in [2.24, 2.45) is 5.10 Å². The highest BCUT2D eigenvalue weighted by Crippen LogP contribution is 2.21. The summed E-state index contributed by atoms with van der Waals surface area (Å²) in [6.45, 7) is 1.70. The zero-order chi connectivity index (χ0) is 23.1. The monoisotopic (exact) mass is 437 g/mol. The molecule has 2 aromatic carbocycles. The Morgan fingerprint density at radius 1 is 1.12 bits per heavy atom. The van der Waals surface area contributed by atoms with Gasteiger partial charge in [0, 0.05) is 5.10 Å². The minimum absolute atomic E-state index is 0.0906. The Labute approximate surface area is 182 Å². The van der Waals surface area contributed by atoms with E-state index in [2.05, 4.69) is 25.9 Å². The van der Waals surface area contributed by atoms with Crippen molar-refractivity contribution >= 4 is 29.2 Å². The number of carbonyl (C=O) groups is 2. The molecule has 32 heavy (non-hydrogen) atoms. The van der Waals surface area contributed by atoms with Crippen LogP contribution in [-0.2, 0) is 6.54 Å². The van der Waals surface area contributed by atoms with E-state index in [-0.39, 0.29) is 12.1 Å². The molecule has 12 nitrogen and oxygen atoms in total. The van der Waals surface area contributed by atoms with Crippen molar-refractivity contribution in [2.45, 2.75) is 13.5 Å². The molecule has 0 bridgehead atoms. The molecule has 0 aliphatic carbocycles. The Balaban J connectivity index is 1.70. The number of hydrogen-bond acceptors (Lipinski definition) is 8. The van der Waals surface area contributed by atoms with Crippen molar-refractivity contribution in [3.05, 3.63) is 76.1 Å². The van der Waals surface area contributed by atoms with E-state index >= 15 is 0 Å². The highest BCUT2D eigenvalue weighted by atomic mass is 16.6. The van der Waals surface area contributed by atoms with Crippen LogP contribution >= 0.6 is 0 Å². The third-order valence-corrected chi connectivity index (χ3v) is 4.20. The average Bonchev–Trinajstić information content (AvgIpc) is 3.26. The smallest absolute Gasteiger partial charge is 0.490 e. The number of para-hydroxylation sites is 2. The van der Waals surface area contributed by atoms with E-state index in [9.17, 15) is 19.7 Å². The third-order valence-electron chi connectivity index (χ3n) is 4.20. The van der Waals surface area contributed by atoms with Crippen LogP contribution in [0.1, 0.15) is 27.6 Å². The molecule has 0 atom stereocenters. The quantitative estimate of drug-likeness (QED) is 0.311. The number of benzene rings is 2. The molecule has 2 amide bonds. The van der Waals surface area contributed by atoms with Crippen LogP contribution in [0.2, 0.25) is 0 Å². The first-order valence-corrected chi connectivity index (χ1v) is 9.29. The fraction of sp³-hybridized carbons (Fsp3) is 0.150. The lowest BCUT2D eigenvalue weighted by Gasteiger charge is -2.12. The summed E-state index contributed by atoms with van der Waals surface area (Å²) in [7, 11) is 1.46. The van der Waals surface area contributed by atoms with Crippen LogP contribution in [0.4, 0.5) is 11.6 Å². The number of carbonyl (C=O) groups excluding carboxylic acids is 2. The van der Waals surface area contributed by atoms with Gasteiger partial charge in [-0.05, 0) is 36.1 Å². The molecule has 3 rings (SSSR count). The maximum Gasteiger partial charge on any atom is 0.490 e. The molecule has 164 valence electrons. The lowest BCUT2D eigenvalue weighted by Crippen LogP contribution is -2.23. The van der Waals surface area contributed by atoms with Crippen LogP contribution in [0.5, 0.6) is 5.75 Å². The molecule has 1 aromatic heterocycles. The molecular weight excluding hydrogens is 418 g/mol. The normalized spacial score (nSPS) is 11.0. The van der Waals surface area contributed by atoms with E-state index in [1.165, 1.54) is 18.1 Å². The first-order chi connectivity index (χ1) is 15.4. The molecule has 2 N–H and O–H groups in total. The Hall–Kier alpha value is -4.61. The van der Waals surface area contributed by atoms with Gasteiger partial charge in [0.05, 0.1) is 36.2 Å². The van der Waals surface area contributed by atoms with Gasteiger partial charge in [-0.25, -0.2) is 5.43 Å². The van der Waals surface area contributed by atoms with Crippen molar-refractivity contribution in [1.82, 2.24) is 20.2 Å². The third kappa shape index (κ3) is 5.30. The van der Waals surface area contributed by atoms with E-state index < -0.39 is 22.7 Å². The SMILES string of the molecule is COc1ccccc1C(=O)Nc1ccccc1C(=O)NN=C(C)Cn1cnc([N+](=O)[O-])n1. The first-order valence-electron chi connectivity index (χ1n) is 9.29. The zero-order valence-electron chi connectivity index (χ0n) is 17.2. The molecule has 0 aliphatic rings. The number of nitrogens with zero attached hydrogens (tertiary/aromatic N) is 5. The predicted molar refractivity (Wildman–Crippen MR) is 115 cm³/mol. The number of ether oxygens (including phenoxy) is 1. The van der Waals surface area contributed by atoms with Gasteiger partial charge in [-0.15, -0.1) is 0 Å². The number of anilines is 1. The second-order valence-corrected chi connectivity index (χ2v) is 6.49. The van der Waals surface area contributed by atoms with Crippen molar-refractivity contribution in [2.75, 3.05) is 12.4 Å². The van der Waals surface area contributed by atoms with Crippen LogP contribution in [0.3, 0.4) is 0 Å². The van der Waals surface area contributed by atoms with Gasteiger partial charge in [-0.3, -0.25) is 9.59 Å². The molecule has 0 spiro atoms. The molecule has 1 heterocycles. The van der Waals surface area contributed by atoms with Crippen LogP contribution in [0, 0.1) is 10.1 Å². The van der Waals surface area contributed by atoms with Crippen LogP contribution in [0.15, 0.2) is 60.0 Å². The number of aromatic nitrogens is 3. The average molecular weight is 437 g/mol. The molecule has 0 fully saturated rings. The van der Waals surface area contributed by atoms with Gasteiger partial charge >= 0.3 is 5.95 Å². The summed E-state index contributed by atoms with van der Waals surface area (Å²) in [6, 6.07) is 13.2. The lowest BCUT2D eigenvalue weighted by atomic mass is 10.1. The van der Waals surface area contributed by atoms with Crippen molar-refractivity contribution in [1.29, 1.82) is 0 Å². The Morgan fingerprint density at radius 3 is 2.50 bits per heavy atom. The van der Waals surface area contributed by atoms with Crippen LogP contribution < -0.4 is 15.5 Å². The highest BCUT2D eigenvalue weighted by Gasteiger charge is 2.17. The number of nitrogens with one attached hydrogen (secondary N) is 2. The summed E-state index contributed by atoms with van der Waals surface area (Å²) in [6.07, 6.45) is 1.20. The Bertz CT molecular complexity index is 1190. The van der Waals surface area contributed by atoms with Gasteiger partial charge in [-0.1, -0.05) is 29.2 Å². The van der Waals surface area contributed by atoms with E-state index in [4.69, 9.17) is 4.74 Å². The second-order valence-electron chi connectivity index (χ2n) is 6.49. The molecule has 0 radical (unpaired) electrons. The maximum atomic E-state index is 12.7. The van der Waals surface area contributed by atoms with E-state index in [0.717, 1.165) is 0 Å². The van der Waals surface area contributed by atoms with Gasteiger partial charge in [-0.2, -0.15) is 9.78 Å². The number of hydrazone groups is 1. The standard InChI is InChI=1S/C20H19N7O5/c1-13(11-26-12-21-20(25-26)27(30)31)23-24-19(29)14-7-3-5-9-16(14)22-18(28)15-8-4-6-10-17(15)32-2/h3-10,12H,11H2,1-2H3,(H,22,28)(H,24,29). The lowest BCUT2D eigenvalue weighted by molar-refractivity contribution is -0.394. The molecule has 0 saturated carbocycles. The molecule has 0 saturated heterocycles. The molecule has 0 unspecified atom stereocenters. The predicted octanol–water partition coefficient (Wildman–Crippen LogP) is 2.25. The highest BCUT2D eigenvalue weighted by molar-refractivity contribution is 6.10. The van der Waals surface area contributed by atoms with E-state index in [1.54, 1.807) is 55.5 Å². The molecule has 12 heteroatoms. The zero-order valence-corrected chi connectivity index (χ0v) is 17.2. The summed E-state index contributed by atoms with van der Waals surface area (Å²) in [5.74, 6) is -1.11. The minimum atomic E-state index is -0.707. The van der Waals surface area contributed by atoms with Gasteiger partial charge in [0.15, 0.2) is 0 Å². The minimum Gasteiger partial charge on any atom is -0.496 e. The summed E-state index contributed by atoms with van der Waals surface area (Å²) in [5.41, 5.74) is 3.64. The van der Waals surface area contributed by atoms with Gasteiger partial charge < -0.3 is 20.2 Å². The fourth-order valence-corrected chi connectivity index (χ4v) is 2.73. The molecular formula is C20H19N7O5. The van der Waals surface area contributed by atoms with Gasteiger partial charge in [0.25, 0.3) is 11.8 Å². The summed E-state index contributed by atoms with van der Waals surface area (Å²) in [4.78, 5) is 38.8. The topological polar surface area (TPSA) is 154 Å². The van der Waals surface area contributed by atoms with E-state index in [0.29, 0.717) is 22.7 Å². The fourth-order valence-electron chi connectivity index (χ4n) is 2.73. The number of nitro groups is 1. The number of amides is 2. The summed E-state index contributed by atoms with van der Waals surface area (Å²) in [5, 5.41) is 21.0. The molecule has 0 aliphatic heterocycles. The van der Waals surface area contributed by atoms with Gasteiger partial charge in [0.2, 0.25) is 6.33 Å². The summed E-state index contributed by atoms with van der Waals surface area (Å²) >= 11 is 0. The van der Waals surface area contributed by atoms with Crippen molar-refractivity contribution in [3.8, 4) is 5.75 Å². The second kappa shape index (κ2) is 9.93. The maximum absolute atomic E-state index is 12.7. The Morgan fingerprint density at radius 2 is 1.81 bits per heavy atom. The number of methoxy groups -OCH3 is 1. The van der Waals surface area contributed by atoms with Crippen LogP contribution in [0.25, 0.3) is 0 Å². The number of rotatable bonds is 8. The summed E-state index contributed by atoms with van der Waals surface area (Å²) < 4.78 is 6.43. The largest absolute Gasteiger partial charge is 0.496 e. The van der Waals surface area contributed by atoms with Crippen LogP contribution in [-0.4, -0.2) is 44.3 Å². The number of hydrogen-bond donors (Lipinski definition) is 2. The first kappa shape index (κ1) is 22.1. The molecule has 3 aromatic rings.